The summed E-state index contributed by atoms with van der Waals surface area (Å²) in [6.45, 7) is 1.23. The van der Waals surface area contributed by atoms with Crippen molar-refractivity contribution in [1.82, 2.24) is 19.5 Å². The SMILES string of the molecule is O=c1c2nccnc2[nH]c(=S)n1CC1CCCO1. The summed E-state index contributed by atoms with van der Waals surface area (Å²) in [5, 5.41) is 0. The lowest BCUT2D eigenvalue weighted by Crippen LogP contribution is -2.28. The highest BCUT2D eigenvalue weighted by atomic mass is 32.1. The first-order chi connectivity index (χ1) is 8.75. The van der Waals surface area contributed by atoms with Crippen LogP contribution in [-0.4, -0.2) is 32.2 Å². The van der Waals surface area contributed by atoms with E-state index in [1.165, 1.54) is 17.0 Å². The molecule has 7 heteroatoms. The molecule has 2 aromatic rings. The number of aromatic nitrogens is 4. The predicted octanol–water partition coefficient (Wildman–Crippen LogP) is 1.03. The summed E-state index contributed by atoms with van der Waals surface area (Å²) in [4.78, 5) is 23.3. The van der Waals surface area contributed by atoms with Gasteiger partial charge in [-0.3, -0.25) is 9.36 Å². The van der Waals surface area contributed by atoms with Gasteiger partial charge in [-0.15, -0.1) is 0 Å². The van der Waals surface area contributed by atoms with Crippen LogP contribution in [0.15, 0.2) is 17.2 Å². The average Bonchev–Trinajstić information content (AvgIpc) is 2.87. The largest absolute Gasteiger partial charge is 0.376 e. The topological polar surface area (TPSA) is 72.8 Å². The van der Waals surface area contributed by atoms with E-state index in [1.54, 1.807) is 0 Å². The monoisotopic (exact) mass is 264 g/mol. The number of fused-ring (bicyclic) bond motifs is 1. The fraction of sp³-hybridized carbons (Fsp3) is 0.455. The quantitative estimate of drug-likeness (QED) is 0.820. The third kappa shape index (κ3) is 1.95. The maximum atomic E-state index is 12.3. The van der Waals surface area contributed by atoms with E-state index in [0.717, 1.165) is 19.4 Å². The van der Waals surface area contributed by atoms with Crippen LogP contribution in [0.2, 0.25) is 0 Å². The average molecular weight is 264 g/mol. The van der Waals surface area contributed by atoms with Crippen molar-refractivity contribution in [2.75, 3.05) is 6.61 Å². The summed E-state index contributed by atoms with van der Waals surface area (Å²) >= 11 is 5.19. The van der Waals surface area contributed by atoms with E-state index < -0.39 is 0 Å². The van der Waals surface area contributed by atoms with Crippen molar-refractivity contribution in [3.8, 4) is 0 Å². The molecule has 1 atom stereocenters. The molecule has 0 spiro atoms. The number of hydrogen-bond acceptors (Lipinski definition) is 5. The molecule has 0 aromatic carbocycles. The molecular weight excluding hydrogens is 252 g/mol. The Balaban J connectivity index is 2.11. The number of H-pyrrole nitrogens is 1. The smallest absolute Gasteiger partial charge is 0.282 e. The van der Waals surface area contributed by atoms with Gasteiger partial charge in [0, 0.05) is 19.0 Å². The van der Waals surface area contributed by atoms with Gasteiger partial charge in [0.1, 0.15) is 0 Å². The Labute approximate surface area is 108 Å². The van der Waals surface area contributed by atoms with Gasteiger partial charge in [0.25, 0.3) is 5.56 Å². The third-order valence-corrected chi connectivity index (χ3v) is 3.35. The van der Waals surface area contributed by atoms with Crippen LogP contribution in [0.1, 0.15) is 12.8 Å². The van der Waals surface area contributed by atoms with Crippen LogP contribution in [0, 0.1) is 4.77 Å². The minimum atomic E-state index is -0.211. The molecule has 1 N–H and O–H groups in total. The van der Waals surface area contributed by atoms with Crippen LogP contribution in [-0.2, 0) is 11.3 Å². The first kappa shape index (κ1) is 11.5. The summed E-state index contributed by atoms with van der Waals surface area (Å²) in [6, 6.07) is 0. The van der Waals surface area contributed by atoms with Gasteiger partial charge in [-0.2, -0.15) is 0 Å². The second kappa shape index (κ2) is 4.58. The Morgan fingerprint density at radius 1 is 1.50 bits per heavy atom. The molecule has 0 radical (unpaired) electrons. The van der Waals surface area contributed by atoms with Crippen molar-refractivity contribution in [2.45, 2.75) is 25.5 Å². The van der Waals surface area contributed by atoms with E-state index in [1.807, 2.05) is 0 Å². The second-order valence-electron chi connectivity index (χ2n) is 4.23. The molecule has 1 unspecified atom stereocenters. The van der Waals surface area contributed by atoms with Gasteiger partial charge in [-0.25, -0.2) is 9.97 Å². The van der Waals surface area contributed by atoms with Crippen LogP contribution in [0.25, 0.3) is 11.2 Å². The number of aromatic amines is 1. The molecule has 3 rings (SSSR count). The van der Waals surface area contributed by atoms with Crippen LogP contribution in [0.3, 0.4) is 0 Å². The third-order valence-electron chi connectivity index (χ3n) is 3.03. The Kier molecular flexibility index (Phi) is 2.92. The molecule has 0 saturated carbocycles. The van der Waals surface area contributed by atoms with E-state index in [-0.39, 0.29) is 11.7 Å². The lowest BCUT2D eigenvalue weighted by atomic mass is 10.2. The van der Waals surface area contributed by atoms with Crippen LogP contribution >= 0.6 is 12.2 Å². The zero-order valence-electron chi connectivity index (χ0n) is 9.63. The first-order valence-electron chi connectivity index (χ1n) is 5.81. The molecule has 1 aliphatic heterocycles. The van der Waals surface area contributed by atoms with E-state index in [9.17, 15) is 4.79 Å². The van der Waals surface area contributed by atoms with E-state index >= 15 is 0 Å². The van der Waals surface area contributed by atoms with Crippen LogP contribution < -0.4 is 5.56 Å². The van der Waals surface area contributed by atoms with Crippen molar-refractivity contribution in [2.24, 2.45) is 0 Å². The number of nitrogens with zero attached hydrogens (tertiary/aromatic N) is 3. The summed E-state index contributed by atoms with van der Waals surface area (Å²) < 4.78 is 7.39. The maximum absolute atomic E-state index is 12.3. The highest BCUT2D eigenvalue weighted by Gasteiger charge is 2.18. The molecule has 1 saturated heterocycles. The molecule has 18 heavy (non-hydrogen) atoms. The Morgan fingerprint density at radius 3 is 3.11 bits per heavy atom. The van der Waals surface area contributed by atoms with E-state index in [4.69, 9.17) is 17.0 Å². The second-order valence-corrected chi connectivity index (χ2v) is 4.62. The Bertz CT molecular complexity index is 687. The first-order valence-corrected chi connectivity index (χ1v) is 6.22. The van der Waals surface area contributed by atoms with Gasteiger partial charge in [0.2, 0.25) is 0 Å². The number of nitrogens with one attached hydrogen (secondary N) is 1. The molecular formula is C11H12N4O2S. The minimum Gasteiger partial charge on any atom is -0.376 e. The molecule has 6 nitrogen and oxygen atoms in total. The maximum Gasteiger partial charge on any atom is 0.282 e. The Hall–Kier alpha value is -1.60. The van der Waals surface area contributed by atoms with Gasteiger partial charge in [0.05, 0.1) is 12.6 Å². The highest BCUT2D eigenvalue weighted by molar-refractivity contribution is 7.71. The van der Waals surface area contributed by atoms with Crippen molar-refractivity contribution >= 4 is 23.4 Å². The van der Waals surface area contributed by atoms with Crippen molar-refractivity contribution in [3.05, 3.63) is 27.5 Å². The van der Waals surface area contributed by atoms with Gasteiger partial charge in [-0.1, -0.05) is 0 Å². The molecule has 3 heterocycles. The fourth-order valence-electron chi connectivity index (χ4n) is 2.13. The van der Waals surface area contributed by atoms with Gasteiger partial charge < -0.3 is 9.72 Å². The molecule has 94 valence electrons. The normalized spacial score (nSPS) is 19.4. The highest BCUT2D eigenvalue weighted by Crippen LogP contribution is 2.13. The molecule has 0 amide bonds. The number of hydrogen-bond donors (Lipinski definition) is 1. The van der Waals surface area contributed by atoms with Gasteiger partial charge in [-0.05, 0) is 25.1 Å². The summed E-state index contributed by atoms with van der Waals surface area (Å²) in [5.74, 6) is 0. The lowest BCUT2D eigenvalue weighted by molar-refractivity contribution is 0.0957. The van der Waals surface area contributed by atoms with E-state index in [0.29, 0.717) is 22.5 Å². The van der Waals surface area contributed by atoms with Gasteiger partial charge in [0.15, 0.2) is 15.9 Å². The standard InChI is InChI=1S/C11H12N4O2S/c16-10-8-9(13-4-3-12-8)14-11(18)15(10)6-7-2-1-5-17-7/h3-4,7H,1-2,5-6H2,(H,13,14,18). The molecule has 1 aliphatic rings. The summed E-state index contributed by atoms with van der Waals surface area (Å²) in [7, 11) is 0. The van der Waals surface area contributed by atoms with Crippen LogP contribution in [0.5, 0.6) is 0 Å². The van der Waals surface area contributed by atoms with Crippen LogP contribution in [0.4, 0.5) is 0 Å². The minimum absolute atomic E-state index is 0.0620. The van der Waals surface area contributed by atoms with Crippen molar-refractivity contribution < 1.29 is 4.74 Å². The number of rotatable bonds is 2. The van der Waals surface area contributed by atoms with Crippen molar-refractivity contribution in [3.63, 3.8) is 0 Å². The molecule has 1 fully saturated rings. The lowest BCUT2D eigenvalue weighted by Gasteiger charge is -2.12. The zero-order chi connectivity index (χ0) is 12.5. The fourth-order valence-corrected chi connectivity index (χ4v) is 2.39. The van der Waals surface area contributed by atoms with Gasteiger partial charge >= 0.3 is 0 Å². The molecule has 0 bridgehead atoms. The molecule has 2 aromatic heterocycles. The summed E-state index contributed by atoms with van der Waals surface area (Å²) in [6.07, 6.45) is 5.07. The molecule has 0 aliphatic carbocycles. The van der Waals surface area contributed by atoms with Crippen molar-refractivity contribution in [1.29, 1.82) is 0 Å². The number of ether oxygens (including phenoxy) is 1. The summed E-state index contributed by atoms with van der Waals surface area (Å²) in [5.41, 5.74) is 0.525. The Morgan fingerprint density at radius 2 is 2.33 bits per heavy atom. The van der Waals surface area contributed by atoms with E-state index in [2.05, 4.69) is 15.0 Å². The zero-order valence-corrected chi connectivity index (χ0v) is 10.4. The predicted molar refractivity (Wildman–Crippen MR) is 68.0 cm³/mol.